The molecule has 4 aromatic rings. The molecule has 0 radical (unpaired) electrons. The number of benzene rings is 3. The highest BCUT2D eigenvalue weighted by Gasteiger charge is 2.12. The van der Waals surface area contributed by atoms with Gasteiger partial charge < -0.3 is 10.1 Å². The van der Waals surface area contributed by atoms with Gasteiger partial charge in [0, 0.05) is 23.5 Å². The van der Waals surface area contributed by atoms with Crippen molar-refractivity contribution in [2.75, 3.05) is 0 Å². The van der Waals surface area contributed by atoms with Gasteiger partial charge in [-0.1, -0.05) is 54.6 Å². The topological polar surface area (TPSA) is 38.7 Å². The van der Waals surface area contributed by atoms with Crippen molar-refractivity contribution in [1.82, 2.24) is 4.98 Å². The van der Waals surface area contributed by atoms with Crippen LogP contribution >= 0.6 is 0 Å². The van der Waals surface area contributed by atoms with Gasteiger partial charge in [0.05, 0.1) is 5.56 Å². The first kappa shape index (κ1) is 18.1. The second kappa shape index (κ2) is 8.63. The minimum absolute atomic E-state index is 0.209. The van der Waals surface area contributed by atoms with E-state index in [9.17, 15) is 4.39 Å². The van der Waals surface area contributed by atoms with Crippen LogP contribution in [0.25, 0.3) is 10.8 Å². The van der Waals surface area contributed by atoms with Crippen LogP contribution in [-0.4, -0.2) is 4.98 Å². The summed E-state index contributed by atoms with van der Waals surface area (Å²) in [5.41, 5.74) is 2.86. The Balaban J connectivity index is 1.56. The Morgan fingerprint density at radius 1 is 0.857 bits per heavy atom. The van der Waals surface area contributed by atoms with Crippen LogP contribution in [0, 0.1) is 5.82 Å². The summed E-state index contributed by atoms with van der Waals surface area (Å²) in [6.45, 7) is 1.81. The molecule has 140 valence electrons. The van der Waals surface area contributed by atoms with Gasteiger partial charge in [-0.25, -0.2) is 4.39 Å². The minimum Gasteiger partial charge on any atom is -0.488 e. The number of hydrogen-bond acceptors (Lipinski definition) is 2. The van der Waals surface area contributed by atoms with Crippen molar-refractivity contribution in [2.45, 2.75) is 19.7 Å². The smallest absolute Gasteiger partial charge is 0.129 e. The molecule has 0 aliphatic rings. The van der Waals surface area contributed by atoms with E-state index < -0.39 is 0 Å². The molecule has 28 heavy (non-hydrogen) atoms. The number of quaternary nitrogens is 1. The molecule has 2 N–H and O–H groups in total. The molecular formula is C24H22FN2O+. The van der Waals surface area contributed by atoms with E-state index in [1.807, 2.05) is 36.5 Å². The van der Waals surface area contributed by atoms with Crippen molar-refractivity contribution >= 4 is 10.8 Å². The number of nitrogens with zero attached hydrogens (tertiary/aromatic N) is 1. The second-order valence-electron chi connectivity index (χ2n) is 6.70. The summed E-state index contributed by atoms with van der Waals surface area (Å²) in [6, 6.07) is 23.1. The van der Waals surface area contributed by atoms with Gasteiger partial charge >= 0.3 is 0 Å². The first-order valence-electron chi connectivity index (χ1n) is 9.38. The third-order valence-corrected chi connectivity index (χ3v) is 4.79. The predicted molar refractivity (Wildman–Crippen MR) is 108 cm³/mol. The normalized spacial score (nSPS) is 10.9. The van der Waals surface area contributed by atoms with Crippen LogP contribution < -0.4 is 10.1 Å². The fourth-order valence-corrected chi connectivity index (χ4v) is 3.33. The molecule has 3 aromatic carbocycles. The molecule has 0 amide bonds. The largest absolute Gasteiger partial charge is 0.488 e. The maximum atomic E-state index is 13.9. The molecule has 0 atom stereocenters. The van der Waals surface area contributed by atoms with Gasteiger partial charge in [-0.2, -0.15) is 0 Å². The van der Waals surface area contributed by atoms with E-state index in [4.69, 9.17) is 4.74 Å². The molecular weight excluding hydrogens is 351 g/mol. The number of aromatic nitrogens is 1. The molecule has 4 heteroatoms. The van der Waals surface area contributed by atoms with Crippen LogP contribution in [0.5, 0.6) is 5.75 Å². The third-order valence-electron chi connectivity index (χ3n) is 4.79. The third kappa shape index (κ3) is 4.18. The van der Waals surface area contributed by atoms with Gasteiger partial charge in [-0.3, -0.25) is 4.98 Å². The zero-order chi connectivity index (χ0) is 19.2. The monoisotopic (exact) mass is 373 g/mol. The van der Waals surface area contributed by atoms with E-state index in [1.165, 1.54) is 17.0 Å². The van der Waals surface area contributed by atoms with Crippen LogP contribution in [0.4, 0.5) is 4.39 Å². The summed E-state index contributed by atoms with van der Waals surface area (Å²) in [7, 11) is 0. The van der Waals surface area contributed by atoms with Crippen molar-refractivity contribution in [2.24, 2.45) is 0 Å². The van der Waals surface area contributed by atoms with E-state index in [0.717, 1.165) is 29.8 Å². The van der Waals surface area contributed by atoms with E-state index in [0.29, 0.717) is 5.56 Å². The molecule has 0 aliphatic carbocycles. The molecule has 4 rings (SSSR count). The first-order chi connectivity index (χ1) is 13.8. The summed E-state index contributed by atoms with van der Waals surface area (Å²) in [4.78, 5) is 4.17. The lowest BCUT2D eigenvalue weighted by molar-refractivity contribution is -0.686. The van der Waals surface area contributed by atoms with E-state index in [2.05, 4.69) is 34.6 Å². The predicted octanol–water partition coefficient (Wildman–Crippen LogP) is 4.22. The first-order valence-corrected chi connectivity index (χ1v) is 9.38. The summed E-state index contributed by atoms with van der Waals surface area (Å²) in [5.74, 6) is 0.553. The summed E-state index contributed by atoms with van der Waals surface area (Å²) in [5, 5.41) is 4.57. The average Bonchev–Trinajstić information content (AvgIpc) is 2.74. The Morgan fingerprint density at radius 3 is 2.57 bits per heavy atom. The van der Waals surface area contributed by atoms with Gasteiger partial charge in [-0.05, 0) is 29.0 Å². The lowest BCUT2D eigenvalue weighted by atomic mass is 10.0. The fourth-order valence-electron chi connectivity index (χ4n) is 3.33. The highest BCUT2D eigenvalue weighted by atomic mass is 19.1. The number of fused-ring (bicyclic) bond motifs is 1. The maximum absolute atomic E-state index is 13.9. The molecule has 0 spiro atoms. The van der Waals surface area contributed by atoms with Gasteiger partial charge in [0.15, 0.2) is 0 Å². The standard InChI is InChI=1S/C24H21FN2O/c25-23-10-4-2-8-20(23)17-28-24-12-11-19-7-1-3-9-21(19)22(24)16-27-15-18-6-5-13-26-14-18/h1-14,27H,15-17H2/p+1. The Morgan fingerprint density at radius 2 is 1.71 bits per heavy atom. The molecule has 0 saturated carbocycles. The Hall–Kier alpha value is -3.24. The molecule has 3 nitrogen and oxygen atoms in total. The van der Waals surface area contributed by atoms with Gasteiger partial charge in [0.2, 0.25) is 0 Å². The van der Waals surface area contributed by atoms with E-state index >= 15 is 0 Å². The zero-order valence-electron chi connectivity index (χ0n) is 15.5. The van der Waals surface area contributed by atoms with Crippen LogP contribution in [0.15, 0.2) is 85.2 Å². The number of ether oxygens (including phenoxy) is 1. The highest BCUT2D eigenvalue weighted by Crippen LogP contribution is 2.28. The van der Waals surface area contributed by atoms with Crippen molar-refractivity contribution in [3.05, 3.63) is 108 Å². The number of pyridine rings is 1. The number of halogens is 1. The van der Waals surface area contributed by atoms with Crippen molar-refractivity contribution in [3.63, 3.8) is 0 Å². The quantitative estimate of drug-likeness (QED) is 0.527. The zero-order valence-corrected chi connectivity index (χ0v) is 15.5. The lowest BCUT2D eigenvalue weighted by Crippen LogP contribution is -2.80. The van der Waals surface area contributed by atoms with Crippen molar-refractivity contribution < 1.29 is 14.4 Å². The molecule has 0 bridgehead atoms. The number of hydrogen-bond donors (Lipinski definition) is 1. The van der Waals surface area contributed by atoms with Crippen LogP contribution in [-0.2, 0) is 19.7 Å². The SMILES string of the molecule is Fc1ccccc1COc1ccc2ccccc2c1C[NH2+]Cc1cccnc1. The van der Waals surface area contributed by atoms with Crippen LogP contribution in [0.1, 0.15) is 16.7 Å². The Labute approximate surface area is 163 Å². The van der Waals surface area contributed by atoms with E-state index in [1.54, 1.807) is 18.3 Å². The van der Waals surface area contributed by atoms with Gasteiger partial charge in [0.1, 0.15) is 31.3 Å². The minimum atomic E-state index is -0.243. The molecule has 0 aliphatic heterocycles. The average molecular weight is 373 g/mol. The fraction of sp³-hybridized carbons (Fsp3) is 0.125. The number of rotatable bonds is 7. The van der Waals surface area contributed by atoms with Gasteiger partial charge in [-0.15, -0.1) is 0 Å². The lowest BCUT2D eigenvalue weighted by Gasteiger charge is -2.14. The summed E-state index contributed by atoms with van der Waals surface area (Å²) < 4.78 is 20.0. The van der Waals surface area contributed by atoms with Gasteiger partial charge in [0.25, 0.3) is 0 Å². The van der Waals surface area contributed by atoms with Crippen molar-refractivity contribution in [3.8, 4) is 5.75 Å². The number of nitrogens with two attached hydrogens (primary N) is 1. The van der Waals surface area contributed by atoms with Crippen LogP contribution in [0.3, 0.4) is 0 Å². The summed E-state index contributed by atoms with van der Waals surface area (Å²) in [6.07, 6.45) is 3.66. The Bertz CT molecular complexity index is 1070. The second-order valence-corrected chi connectivity index (χ2v) is 6.70. The maximum Gasteiger partial charge on any atom is 0.129 e. The van der Waals surface area contributed by atoms with Crippen molar-refractivity contribution in [1.29, 1.82) is 0 Å². The molecule has 1 aromatic heterocycles. The van der Waals surface area contributed by atoms with E-state index in [-0.39, 0.29) is 12.4 Å². The molecule has 0 fully saturated rings. The highest BCUT2D eigenvalue weighted by molar-refractivity contribution is 5.87. The van der Waals surface area contributed by atoms with Crippen LogP contribution in [0.2, 0.25) is 0 Å². The molecule has 1 heterocycles. The molecule has 0 unspecified atom stereocenters. The summed E-state index contributed by atoms with van der Waals surface area (Å²) >= 11 is 0. The molecule has 0 saturated heterocycles. The Kier molecular flexibility index (Phi) is 5.59.